The first-order valence-corrected chi connectivity index (χ1v) is 11.0. The van der Waals surface area contributed by atoms with E-state index in [1.54, 1.807) is 0 Å². The molecule has 0 unspecified atom stereocenters. The van der Waals surface area contributed by atoms with Gasteiger partial charge in [0.05, 0.1) is 0 Å². The van der Waals surface area contributed by atoms with Crippen molar-refractivity contribution in [2.45, 2.75) is 0 Å². The van der Waals surface area contributed by atoms with Gasteiger partial charge in [-0.25, -0.2) is 0 Å². The molecule has 168 valence electrons. The third-order valence-electron chi connectivity index (χ3n) is 0. The van der Waals surface area contributed by atoms with E-state index in [9.17, 15) is 0 Å². The zero-order chi connectivity index (χ0) is 22.5. The molecule has 21 nitrogen and oxygen atoms in total. The molecule has 0 aromatic heterocycles. The van der Waals surface area contributed by atoms with E-state index in [0.29, 0.717) is 0 Å². The Morgan fingerprint density at radius 2 is 0.276 bits per heavy atom. The molecule has 0 radical (unpaired) electrons. The molecule has 0 aromatic carbocycles. The van der Waals surface area contributed by atoms with Crippen molar-refractivity contribution >= 4 is 39.1 Å². The summed E-state index contributed by atoms with van der Waals surface area (Å²) in [5.74, 6) is 0. The topological polar surface area (TPSA) is 463 Å². The van der Waals surface area contributed by atoms with E-state index >= 15 is 0 Å². The summed E-state index contributed by atoms with van der Waals surface area (Å²) in [6.45, 7) is 0. The van der Waals surface area contributed by atoms with Gasteiger partial charge < -0.3 is 102 Å². The Balaban J connectivity index is -0.0000000238. The van der Waals surface area contributed by atoms with Crippen LogP contribution in [0.25, 0.3) is 0 Å². The second kappa shape index (κ2) is 25.4. The van der Waals surface area contributed by atoms with E-state index in [1.807, 2.05) is 0 Å². The van der Waals surface area contributed by atoms with Crippen LogP contribution in [0.2, 0.25) is 0 Å². The molecule has 0 fully saturated rings. The predicted octanol–water partition coefficient (Wildman–Crippen LogP) is -15.0. The first-order chi connectivity index (χ1) is 10.0. The Labute approximate surface area is 206 Å². The van der Waals surface area contributed by atoms with Crippen LogP contribution in [-0.2, 0) is 90.0 Å². The summed E-state index contributed by atoms with van der Waals surface area (Å²) in [6.07, 6.45) is 0. The van der Waals surface area contributed by atoms with Gasteiger partial charge in [0.25, 0.3) is 0 Å². The first-order valence-electron chi connectivity index (χ1n) is 3.65. The quantitative estimate of drug-likeness (QED) is 0.203. The largest absolute Gasteiger partial charge is 5.00 e. The number of rotatable bonds is 0. The van der Waals surface area contributed by atoms with Crippen LogP contribution >= 0.6 is 39.1 Å². The van der Waals surface area contributed by atoms with E-state index in [4.69, 9.17) is 96.2 Å². The Hall–Kier alpha value is 2.73. The van der Waals surface area contributed by atoms with Crippen LogP contribution in [0.15, 0.2) is 0 Å². The Morgan fingerprint density at radius 3 is 0.276 bits per heavy atom. The fraction of sp³-hybridized carbons (Fsp3) is 0. The molecule has 0 aliphatic rings. The normalized spacial score (nSPS) is 10.2. The van der Waals surface area contributed by atoms with Gasteiger partial charge in [0.2, 0.25) is 0 Å². The molecular formula is H2O21P5Ta3. The third-order valence-corrected chi connectivity index (χ3v) is 0. The molecule has 0 bridgehead atoms. The smallest absolute Gasteiger partial charge is 0.822 e. The van der Waals surface area contributed by atoms with Crippen molar-refractivity contribution in [3.63, 3.8) is 0 Å². The van der Waals surface area contributed by atoms with Crippen molar-refractivity contribution in [1.29, 1.82) is 0 Å². The van der Waals surface area contributed by atoms with E-state index in [0.717, 1.165) is 0 Å². The Kier molecular flexibility index (Phi) is 50.7. The Bertz CT molecular complexity index is 379. The molecular weight excluding hydrogens is 1030 g/mol. The summed E-state index contributed by atoms with van der Waals surface area (Å²) in [7, 11) is -26.9. The summed E-state index contributed by atoms with van der Waals surface area (Å²) in [4.78, 5) is 128. The van der Waals surface area contributed by atoms with Gasteiger partial charge in [-0.2, -0.15) is 39.1 Å². The molecule has 0 saturated heterocycles. The molecule has 0 aliphatic carbocycles. The maximum Gasteiger partial charge on any atom is 5.00 e. The van der Waals surface area contributed by atoms with Crippen LogP contribution in [0.3, 0.4) is 0 Å². The van der Waals surface area contributed by atoms with Gasteiger partial charge in [-0.15, -0.1) is 0 Å². The second-order valence-electron chi connectivity index (χ2n) is 2.24. The summed E-state index contributed by atoms with van der Waals surface area (Å²) in [6, 6.07) is 0. The summed E-state index contributed by atoms with van der Waals surface area (Å²) < 4.78 is 42.7. The minimum atomic E-state index is -5.39. The average Bonchev–Trinajstić information content (AvgIpc) is 1.79. The third kappa shape index (κ3) is 3400. The van der Waals surface area contributed by atoms with Gasteiger partial charge in [0.15, 0.2) is 0 Å². The van der Waals surface area contributed by atoms with Crippen LogP contribution in [0, 0.1) is 0 Å². The zero-order valence-corrected chi connectivity index (χ0v) is 26.4. The minimum Gasteiger partial charge on any atom is -0.822 e. The average molecular weight is 1040 g/mol. The standard InChI is InChI=1S/5H3O4P.H2O.3Ta/c5*1-5(2,3)4;;;;/h5*(H3,1,2,3,4);1H2;;;/q;;;;;;3*+5/p-15. The van der Waals surface area contributed by atoms with Crippen LogP contribution in [-0.4, -0.2) is 5.48 Å². The Morgan fingerprint density at radius 1 is 0.276 bits per heavy atom. The molecule has 29 heteroatoms. The van der Waals surface area contributed by atoms with Gasteiger partial charge in [-0.05, 0) is 0 Å². The number of hydrogen-bond donors (Lipinski definition) is 0. The van der Waals surface area contributed by atoms with Crippen molar-refractivity contribution < 1.29 is 169 Å². The van der Waals surface area contributed by atoms with E-state index in [1.165, 1.54) is 0 Å². The predicted molar refractivity (Wildman–Crippen MR) is 41.6 cm³/mol. The van der Waals surface area contributed by atoms with Crippen molar-refractivity contribution in [2.75, 3.05) is 0 Å². The van der Waals surface area contributed by atoms with E-state index < -0.39 is 39.1 Å². The molecule has 0 rings (SSSR count). The SMILES string of the molecule is O.O=P([O-])([O-])[O-].O=P([O-])([O-])[O-].O=P([O-])([O-])[O-].O=P([O-])([O-])[O-].O=P([O-])([O-])[O-].[Ta+5].[Ta+5].[Ta+5]. The summed E-state index contributed by atoms with van der Waals surface area (Å²) in [5, 5.41) is 0. The van der Waals surface area contributed by atoms with E-state index in [-0.39, 0.29) is 72.6 Å². The van der Waals surface area contributed by atoms with Crippen molar-refractivity contribution in [3.8, 4) is 0 Å². The van der Waals surface area contributed by atoms with Crippen LogP contribution < -0.4 is 73.4 Å². The first kappa shape index (κ1) is 58.0. The maximum absolute atomic E-state index is 8.55. The fourth-order valence-corrected chi connectivity index (χ4v) is 0. The van der Waals surface area contributed by atoms with Crippen LogP contribution in [0.1, 0.15) is 0 Å². The van der Waals surface area contributed by atoms with Gasteiger partial charge in [0.1, 0.15) is 0 Å². The van der Waals surface area contributed by atoms with Crippen LogP contribution in [0.5, 0.6) is 0 Å². The molecule has 0 saturated carbocycles. The van der Waals surface area contributed by atoms with Gasteiger partial charge in [-0.1, -0.05) is 0 Å². The van der Waals surface area contributed by atoms with Crippen molar-refractivity contribution in [1.82, 2.24) is 0 Å². The zero-order valence-electron chi connectivity index (χ0n) is 12.2. The van der Waals surface area contributed by atoms with Gasteiger partial charge in [-0.3, -0.25) is 0 Å². The molecule has 29 heavy (non-hydrogen) atoms. The molecule has 0 heterocycles. The van der Waals surface area contributed by atoms with E-state index in [2.05, 4.69) is 0 Å². The maximum atomic E-state index is 8.55. The number of hydrogen-bond acceptors (Lipinski definition) is 20. The number of phosphoric acid groups is 5. The second-order valence-corrected chi connectivity index (χ2v) is 6.71. The molecule has 0 aliphatic heterocycles. The fourth-order valence-electron chi connectivity index (χ4n) is 0. The van der Waals surface area contributed by atoms with Gasteiger partial charge >= 0.3 is 67.1 Å². The minimum absolute atomic E-state index is 0. The molecule has 2 N–H and O–H groups in total. The molecule has 0 amide bonds. The summed E-state index contributed by atoms with van der Waals surface area (Å²) >= 11 is 0. The molecule has 0 spiro atoms. The monoisotopic (exact) mass is 1040 g/mol. The summed E-state index contributed by atoms with van der Waals surface area (Å²) in [5.41, 5.74) is 0. The molecule has 0 aromatic rings. The van der Waals surface area contributed by atoms with Crippen LogP contribution in [0.4, 0.5) is 0 Å². The molecule has 0 atom stereocenters. The van der Waals surface area contributed by atoms with Gasteiger partial charge in [0, 0.05) is 0 Å². The van der Waals surface area contributed by atoms with Crippen molar-refractivity contribution in [2.24, 2.45) is 0 Å². The van der Waals surface area contributed by atoms with Crippen molar-refractivity contribution in [3.05, 3.63) is 0 Å².